The largest absolute Gasteiger partial charge is 0.465 e. The number of esters is 1. The molecular formula is C12H17NO3. The van der Waals surface area contributed by atoms with Gasteiger partial charge in [0, 0.05) is 13.0 Å². The third kappa shape index (κ3) is 3.08. The van der Waals surface area contributed by atoms with Crippen molar-refractivity contribution in [3.8, 4) is 0 Å². The molecule has 0 atom stereocenters. The molecule has 1 aromatic carbocycles. The average Bonchev–Trinajstić information content (AvgIpc) is 2.28. The molecule has 0 aliphatic carbocycles. The molecule has 0 spiro atoms. The number of hydrogen-bond acceptors (Lipinski definition) is 3. The second-order valence-corrected chi connectivity index (χ2v) is 3.71. The second kappa shape index (κ2) is 5.30. The molecule has 4 nitrogen and oxygen atoms in total. The summed E-state index contributed by atoms with van der Waals surface area (Å²) in [4.78, 5) is 22.5. The Morgan fingerprint density at radius 2 is 1.81 bits per heavy atom. The van der Waals surface area contributed by atoms with Gasteiger partial charge in [0.2, 0.25) is 5.91 Å². The molecule has 0 heterocycles. The molecule has 0 saturated carbocycles. The number of benzene rings is 1. The summed E-state index contributed by atoms with van der Waals surface area (Å²) < 4.78 is 4.57. The van der Waals surface area contributed by atoms with Gasteiger partial charge in [0.05, 0.1) is 12.7 Å². The zero-order valence-electron chi connectivity index (χ0n) is 9.61. The van der Waals surface area contributed by atoms with E-state index in [1.807, 2.05) is 13.8 Å². The van der Waals surface area contributed by atoms with Crippen LogP contribution in [0.15, 0.2) is 24.3 Å². The molecule has 0 radical (unpaired) electrons. The second-order valence-electron chi connectivity index (χ2n) is 3.71. The fraction of sp³-hybridized carbons (Fsp3) is 0.333. The van der Waals surface area contributed by atoms with Crippen LogP contribution in [-0.4, -0.2) is 19.0 Å². The fourth-order valence-corrected chi connectivity index (χ4v) is 1.09. The van der Waals surface area contributed by atoms with Crippen LogP contribution >= 0.6 is 0 Å². The number of carbonyl (C=O) groups excluding carboxylic acids is 2. The van der Waals surface area contributed by atoms with Crippen molar-refractivity contribution in [2.24, 2.45) is 5.92 Å². The van der Waals surface area contributed by atoms with Crippen molar-refractivity contribution in [1.82, 2.24) is 0 Å². The molecule has 16 heavy (non-hydrogen) atoms. The monoisotopic (exact) mass is 223 g/mol. The summed E-state index contributed by atoms with van der Waals surface area (Å²) in [7, 11) is 1.33. The van der Waals surface area contributed by atoms with Crippen molar-refractivity contribution < 1.29 is 15.8 Å². The van der Waals surface area contributed by atoms with Crippen LogP contribution < -0.4 is 5.32 Å². The Balaban J connectivity index is 0.00000256. The van der Waals surface area contributed by atoms with E-state index < -0.39 is 0 Å². The lowest BCUT2D eigenvalue weighted by atomic mass is 10.2. The average molecular weight is 223 g/mol. The Hall–Kier alpha value is -1.84. The number of carbonyl (C=O) groups is 2. The Kier molecular flexibility index (Phi) is 4.05. The predicted molar refractivity (Wildman–Crippen MR) is 63.4 cm³/mol. The van der Waals surface area contributed by atoms with E-state index in [-0.39, 0.29) is 19.2 Å². The first kappa shape index (κ1) is 12.2. The smallest absolute Gasteiger partial charge is 0.337 e. The molecule has 0 fully saturated rings. The van der Waals surface area contributed by atoms with Gasteiger partial charge >= 0.3 is 5.97 Å². The zero-order chi connectivity index (χ0) is 12.1. The Morgan fingerprint density at radius 1 is 1.25 bits per heavy atom. The van der Waals surface area contributed by atoms with E-state index in [2.05, 4.69) is 10.1 Å². The van der Waals surface area contributed by atoms with Crippen molar-refractivity contribution >= 4 is 17.6 Å². The number of hydrogen-bond donors (Lipinski definition) is 1. The topological polar surface area (TPSA) is 55.4 Å². The molecule has 0 aromatic heterocycles. The molecule has 1 amide bonds. The summed E-state index contributed by atoms with van der Waals surface area (Å²) in [5.74, 6) is -0.507. The number of anilines is 1. The Labute approximate surface area is 96.1 Å². The van der Waals surface area contributed by atoms with Gasteiger partial charge < -0.3 is 10.1 Å². The van der Waals surface area contributed by atoms with E-state index in [1.165, 1.54) is 7.11 Å². The maximum atomic E-state index is 11.4. The molecule has 1 aromatic rings. The van der Waals surface area contributed by atoms with Crippen molar-refractivity contribution in [3.63, 3.8) is 0 Å². The minimum atomic E-state index is -0.387. The van der Waals surface area contributed by atoms with Gasteiger partial charge in [-0.15, -0.1) is 0 Å². The van der Waals surface area contributed by atoms with Crippen molar-refractivity contribution in [2.45, 2.75) is 13.8 Å². The molecule has 0 aliphatic heterocycles. The van der Waals surface area contributed by atoms with E-state index in [9.17, 15) is 9.59 Å². The molecule has 0 bridgehead atoms. The fourth-order valence-electron chi connectivity index (χ4n) is 1.09. The molecule has 4 heteroatoms. The van der Waals surface area contributed by atoms with Gasteiger partial charge in [-0.1, -0.05) is 13.8 Å². The van der Waals surface area contributed by atoms with Crippen LogP contribution in [-0.2, 0) is 9.53 Å². The van der Waals surface area contributed by atoms with E-state index in [4.69, 9.17) is 0 Å². The third-order valence-electron chi connectivity index (χ3n) is 2.10. The van der Waals surface area contributed by atoms with Crippen LogP contribution in [0.2, 0.25) is 0 Å². The van der Waals surface area contributed by atoms with Crippen LogP contribution in [0.3, 0.4) is 0 Å². The molecule has 88 valence electrons. The normalized spacial score (nSPS) is 10.0. The number of methoxy groups -OCH3 is 1. The van der Waals surface area contributed by atoms with Gasteiger partial charge in [0.1, 0.15) is 0 Å². The minimum absolute atomic E-state index is 0. The zero-order valence-corrected chi connectivity index (χ0v) is 9.61. The van der Waals surface area contributed by atoms with Crippen molar-refractivity contribution in [3.05, 3.63) is 29.8 Å². The van der Waals surface area contributed by atoms with Gasteiger partial charge in [-0.3, -0.25) is 4.79 Å². The van der Waals surface area contributed by atoms with Crippen LogP contribution in [0.1, 0.15) is 25.6 Å². The van der Waals surface area contributed by atoms with Gasteiger partial charge in [0.15, 0.2) is 0 Å². The van der Waals surface area contributed by atoms with Crippen LogP contribution in [0.4, 0.5) is 5.69 Å². The number of rotatable bonds is 3. The Bertz CT molecular complexity index is 387. The summed E-state index contributed by atoms with van der Waals surface area (Å²) in [5, 5.41) is 2.73. The maximum Gasteiger partial charge on any atom is 0.337 e. The van der Waals surface area contributed by atoms with E-state index in [1.54, 1.807) is 24.3 Å². The van der Waals surface area contributed by atoms with Gasteiger partial charge in [-0.25, -0.2) is 4.79 Å². The van der Waals surface area contributed by atoms with E-state index in [0.717, 1.165) is 0 Å². The van der Waals surface area contributed by atoms with E-state index >= 15 is 0 Å². The molecule has 0 unspecified atom stereocenters. The first-order valence-corrected chi connectivity index (χ1v) is 5.04. The number of ether oxygens (including phenoxy) is 1. The maximum absolute atomic E-state index is 11.4. The SMILES string of the molecule is COC(=O)c1ccc(NC(=O)C(C)C)cc1.[HH]. The van der Waals surface area contributed by atoms with Crippen molar-refractivity contribution in [1.29, 1.82) is 0 Å². The number of nitrogens with one attached hydrogen (secondary N) is 1. The third-order valence-corrected chi connectivity index (χ3v) is 2.10. The van der Waals surface area contributed by atoms with Crippen LogP contribution in [0.25, 0.3) is 0 Å². The van der Waals surface area contributed by atoms with Crippen LogP contribution in [0, 0.1) is 5.92 Å². The van der Waals surface area contributed by atoms with E-state index in [0.29, 0.717) is 11.3 Å². The summed E-state index contributed by atoms with van der Waals surface area (Å²) >= 11 is 0. The lowest BCUT2D eigenvalue weighted by Crippen LogP contribution is -2.17. The first-order valence-electron chi connectivity index (χ1n) is 5.04. The predicted octanol–water partition coefficient (Wildman–Crippen LogP) is 2.31. The summed E-state index contributed by atoms with van der Waals surface area (Å²) in [6, 6.07) is 6.57. The molecule has 0 saturated heterocycles. The Morgan fingerprint density at radius 3 is 2.25 bits per heavy atom. The number of amides is 1. The molecule has 1 rings (SSSR count). The lowest BCUT2D eigenvalue weighted by molar-refractivity contribution is -0.118. The highest BCUT2D eigenvalue weighted by atomic mass is 16.5. The first-order chi connectivity index (χ1) is 7.54. The quantitative estimate of drug-likeness (QED) is 0.800. The standard InChI is InChI=1S/C12H15NO3.H2/c1-8(2)11(14)13-10-6-4-9(5-7-10)12(15)16-3;/h4-8H,1-3H3,(H,13,14);1H. The van der Waals surface area contributed by atoms with Crippen LogP contribution in [0.5, 0.6) is 0 Å². The van der Waals surface area contributed by atoms with Gasteiger partial charge in [0.25, 0.3) is 0 Å². The molecule has 0 aliphatic rings. The van der Waals surface area contributed by atoms with Gasteiger partial charge in [-0.2, -0.15) is 0 Å². The highest BCUT2D eigenvalue weighted by Crippen LogP contribution is 2.11. The highest BCUT2D eigenvalue weighted by Gasteiger charge is 2.08. The summed E-state index contributed by atoms with van der Waals surface area (Å²) in [5.41, 5.74) is 1.14. The highest BCUT2D eigenvalue weighted by molar-refractivity contribution is 5.93. The van der Waals surface area contributed by atoms with Gasteiger partial charge in [-0.05, 0) is 24.3 Å². The summed E-state index contributed by atoms with van der Waals surface area (Å²) in [6.45, 7) is 3.64. The van der Waals surface area contributed by atoms with Crippen molar-refractivity contribution in [2.75, 3.05) is 12.4 Å². The summed E-state index contributed by atoms with van der Waals surface area (Å²) in [6.07, 6.45) is 0. The molecular weight excluding hydrogens is 206 g/mol. The lowest BCUT2D eigenvalue weighted by Gasteiger charge is -2.07. The molecule has 1 N–H and O–H groups in total. The minimum Gasteiger partial charge on any atom is -0.465 e.